The van der Waals surface area contributed by atoms with Crippen molar-refractivity contribution in [2.24, 2.45) is 0 Å². The van der Waals surface area contributed by atoms with Gasteiger partial charge < -0.3 is 14.8 Å². The predicted octanol–water partition coefficient (Wildman–Crippen LogP) is 5.33. The summed E-state index contributed by atoms with van der Waals surface area (Å²) >= 11 is 5.63. The normalized spacial score (nSPS) is 18.3. The Bertz CT molecular complexity index is 1240. The van der Waals surface area contributed by atoms with Crippen LogP contribution in [-0.4, -0.2) is 14.7 Å². The lowest BCUT2D eigenvalue weighted by molar-refractivity contribution is 0.537. The molecule has 2 aromatic carbocycles. The minimum absolute atomic E-state index is 0.347. The van der Waals surface area contributed by atoms with Crippen molar-refractivity contribution >= 4 is 23.0 Å². The largest absolute Gasteiger partial charge is 0.351 e. The van der Waals surface area contributed by atoms with Crippen LogP contribution in [-0.2, 0) is 0 Å². The maximum Gasteiger partial charge on any atom is 0.174 e. The van der Waals surface area contributed by atoms with Crippen molar-refractivity contribution in [3.63, 3.8) is 0 Å². The van der Waals surface area contributed by atoms with Crippen LogP contribution >= 0.6 is 12.2 Å². The molecule has 4 aromatic rings. The van der Waals surface area contributed by atoms with Crippen molar-refractivity contribution in [3.05, 3.63) is 114 Å². The molecule has 7 heteroatoms. The van der Waals surface area contributed by atoms with E-state index in [0.717, 1.165) is 11.4 Å². The first-order valence-electron chi connectivity index (χ1n) is 9.82. The highest BCUT2D eigenvalue weighted by Gasteiger charge is 2.43. The van der Waals surface area contributed by atoms with Gasteiger partial charge in [0.05, 0.1) is 23.1 Å². The second-order valence-corrected chi connectivity index (χ2v) is 7.59. The molecule has 1 saturated heterocycles. The van der Waals surface area contributed by atoms with E-state index in [9.17, 15) is 8.78 Å². The van der Waals surface area contributed by atoms with Crippen LogP contribution in [0.3, 0.4) is 0 Å². The van der Waals surface area contributed by atoms with Crippen molar-refractivity contribution in [3.8, 4) is 5.69 Å². The SMILES string of the molecule is Fc1ccccc1N1C(=S)NC(c2ccccn2)C1c1cccn1-c1ccccc1F. The van der Waals surface area contributed by atoms with E-state index >= 15 is 0 Å². The molecule has 154 valence electrons. The average molecular weight is 432 g/mol. The van der Waals surface area contributed by atoms with E-state index in [2.05, 4.69) is 10.3 Å². The first kappa shape index (κ1) is 19.4. The number of benzene rings is 2. The molecule has 0 spiro atoms. The number of aromatic nitrogens is 2. The van der Waals surface area contributed by atoms with Crippen LogP contribution in [0.1, 0.15) is 23.5 Å². The van der Waals surface area contributed by atoms with E-state index < -0.39 is 6.04 Å². The number of pyridine rings is 1. The molecule has 0 amide bonds. The Morgan fingerprint density at radius 1 is 0.806 bits per heavy atom. The molecule has 31 heavy (non-hydrogen) atoms. The van der Waals surface area contributed by atoms with Gasteiger partial charge >= 0.3 is 0 Å². The summed E-state index contributed by atoms with van der Waals surface area (Å²) < 4.78 is 31.3. The molecule has 2 unspecified atom stereocenters. The molecule has 0 radical (unpaired) electrons. The van der Waals surface area contributed by atoms with Crippen molar-refractivity contribution in [1.82, 2.24) is 14.9 Å². The number of hydrogen-bond acceptors (Lipinski definition) is 2. The summed E-state index contributed by atoms with van der Waals surface area (Å²) in [5.74, 6) is -0.734. The summed E-state index contributed by atoms with van der Waals surface area (Å²) in [6.45, 7) is 0. The third-order valence-corrected chi connectivity index (χ3v) is 5.72. The zero-order valence-electron chi connectivity index (χ0n) is 16.3. The molecule has 1 aliphatic rings. The fraction of sp³-hybridized carbons (Fsp3) is 0.0833. The molecular weight excluding hydrogens is 414 g/mol. The molecule has 1 fully saturated rings. The highest BCUT2D eigenvalue weighted by molar-refractivity contribution is 7.80. The topological polar surface area (TPSA) is 33.1 Å². The van der Waals surface area contributed by atoms with Crippen LogP contribution in [0.2, 0.25) is 0 Å². The maximum atomic E-state index is 14.8. The van der Waals surface area contributed by atoms with Crippen molar-refractivity contribution in [1.29, 1.82) is 0 Å². The van der Waals surface area contributed by atoms with Gasteiger partial charge in [-0.3, -0.25) is 4.98 Å². The quantitative estimate of drug-likeness (QED) is 0.442. The summed E-state index contributed by atoms with van der Waals surface area (Å²) in [7, 11) is 0. The first-order valence-corrected chi connectivity index (χ1v) is 10.2. The van der Waals surface area contributed by atoms with Crippen LogP contribution in [0.5, 0.6) is 0 Å². The number of thiocarbonyl (C=S) groups is 1. The highest BCUT2D eigenvalue weighted by Crippen LogP contribution is 2.43. The molecule has 1 N–H and O–H groups in total. The lowest BCUT2D eigenvalue weighted by Gasteiger charge is -2.29. The molecule has 2 aromatic heterocycles. The second-order valence-electron chi connectivity index (χ2n) is 7.20. The molecule has 0 aliphatic carbocycles. The predicted molar refractivity (Wildman–Crippen MR) is 120 cm³/mol. The van der Waals surface area contributed by atoms with Crippen LogP contribution in [0.15, 0.2) is 91.3 Å². The number of halogens is 2. The number of rotatable bonds is 4. The number of nitrogens with one attached hydrogen (secondary N) is 1. The molecule has 1 aliphatic heterocycles. The van der Waals surface area contributed by atoms with E-state index in [1.165, 1.54) is 12.1 Å². The van der Waals surface area contributed by atoms with E-state index in [0.29, 0.717) is 16.5 Å². The van der Waals surface area contributed by atoms with E-state index in [4.69, 9.17) is 12.2 Å². The van der Waals surface area contributed by atoms with Gasteiger partial charge in [0.1, 0.15) is 17.7 Å². The number of hydrogen-bond donors (Lipinski definition) is 1. The highest BCUT2D eigenvalue weighted by atomic mass is 32.1. The van der Waals surface area contributed by atoms with Gasteiger partial charge in [-0.25, -0.2) is 8.78 Å². The summed E-state index contributed by atoms with van der Waals surface area (Å²) in [5.41, 5.74) is 2.28. The van der Waals surface area contributed by atoms with Gasteiger partial charge in [0.15, 0.2) is 5.11 Å². The molecule has 2 atom stereocenters. The van der Waals surface area contributed by atoms with Crippen LogP contribution in [0.25, 0.3) is 5.69 Å². The van der Waals surface area contributed by atoms with Crippen LogP contribution in [0.4, 0.5) is 14.5 Å². The minimum atomic E-state index is -0.450. The van der Waals surface area contributed by atoms with Gasteiger partial charge in [0.2, 0.25) is 0 Å². The third kappa shape index (κ3) is 3.37. The molecular formula is C24H18F2N4S. The Hall–Kier alpha value is -3.58. The Morgan fingerprint density at radius 2 is 1.48 bits per heavy atom. The number of nitrogens with zero attached hydrogens (tertiary/aromatic N) is 3. The monoisotopic (exact) mass is 432 g/mol. The lowest BCUT2D eigenvalue weighted by atomic mass is 10.0. The maximum absolute atomic E-state index is 14.8. The van der Waals surface area contributed by atoms with Gasteiger partial charge in [-0.15, -0.1) is 0 Å². The van der Waals surface area contributed by atoms with Crippen LogP contribution < -0.4 is 10.2 Å². The third-order valence-electron chi connectivity index (χ3n) is 5.41. The Balaban J connectivity index is 1.71. The van der Waals surface area contributed by atoms with Crippen molar-refractivity contribution in [2.45, 2.75) is 12.1 Å². The van der Waals surface area contributed by atoms with Crippen LogP contribution in [0, 0.1) is 11.6 Å². The lowest BCUT2D eigenvalue weighted by Crippen LogP contribution is -2.31. The second kappa shape index (κ2) is 7.92. The van der Waals surface area contributed by atoms with Gasteiger partial charge in [0.25, 0.3) is 0 Å². The first-order chi connectivity index (χ1) is 15.1. The van der Waals surface area contributed by atoms with Gasteiger partial charge in [-0.1, -0.05) is 30.3 Å². The van der Waals surface area contributed by atoms with Gasteiger partial charge in [0, 0.05) is 18.1 Å². The Labute approximate surface area is 183 Å². The van der Waals surface area contributed by atoms with Gasteiger partial charge in [-0.2, -0.15) is 0 Å². The number of para-hydroxylation sites is 2. The standard InChI is InChI=1S/C24H18F2N4S/c25-16-8-1-3-11-19(16)29-15-7-13-21(29)23-22(18-10-5-6-14-27-18)28-24(31)30(23)20-12-4-2-9-17(20)26/h1-15,22-23H,(H,28,31). The van der Waals surface area contributed by atoms with Crippen molar-refractivity contribution in [2.75, 3.05) is 4.90 Å². The van der Waals surface area contributed by atoms with Crippen molar-refractivity contribution < 1.29 is 8.78 Å². The molecule has 5 rings (SSSR count). The van der Waals surface area contributed by atoms with E-state index in [1.54, 1.807) is 58.3 Å². The molecule has 3 heterocycles. The fourth-order valence-electron chi connectivity index (χ4n) is 4.06. The molecule has 4 nitrogen and oxygen atoms in total. The smallest absolute Gasteiger partial charge is 0.174 e. The van der Waals surface area contributed by atoms with E-state index in [1.807, 2.05) is 30.3 Å². The average Bonchev–Trinajstić information content (AvgIpc) is 3.39. The zero-order chi connectivity index (χ0) is 21.4. The van der Waals surface area contributed by atoms with E-state index in [-0.39, 0.29) is 17.7 Å². The summed E-state index contributed by atoms with van der Waals surface area (Å²) in [4.78, 5) is 6.25. The summed E-state index contributed by atoms with van der Waals surface area (Å²) in [5, 5.41) is 3.68. The Morgan fingerprint density at radius 3 is 2.16 bits per heavy atom. The minimum Gasteiger partial charge on any atom is -0.351 e. The zero-order valence-corrected chi connectivity index (χ0v) is 17.1. The number of anilines is 1. The fourth-order valence-corrected chi connectivity index (χ4v) is 4.40. The van der Waals surface area contributed by atoms with Gasteiger partial charge in [-0.05, 0) is 60.7 Å². The molecule has 0 saturated carbocycles. The molecule has 0 bridgehead atoms. The Kier molecular flexibility index (Phi) is 4.95. The summed E-state index contributed by atoms with van der Waals surface area (Å²) in [6.07, 6.45) is 3.50. The summed E-state index contributed by atoms with van der Waals surface area (Å²) in [6, 6.07) is 21.6.